The summed E-state index contributed by atoms with van der Waals surface area (Å²) in [6.07, 6.45) is 0. The lowest BCUT2D eigenvalue weighted by Gasteiger charge is -2.45. The van der Waals surface area contributed by atoms with Gasteiger partial charge >= 0.3 is 0 Å². The monoisotopic (exact) mass is 523 g/mol. The van der Waals surface area contributed by atoms with Gasteiger partial charge in [-0.05, 0) is 54.4 Å². The second kappa shape index (κ2) is 11.9. The number of anilines is 1. The van der Waals surface area contributed by atoms with E-state index in [1.165, 1.54) is 6.07 Å². The van der Waals surface area contributed by atoms with Crippen molar-refractivity contribution in [2.45, 2.75) is 18.6 Å². The van der Waals surface area contributed by atoms with Gasteiger partial charge in [0.15, 0.2) is 0 Å². The van der Waals surface area contributed by atoms with E-state index in [-0.39, 0.29) is 25.1 Å². The maximum absolute atomic E-state index is 15.3. The predicted octanol–water partition coefficient (Wildman–Crippen LogP) is 5.15. The van der Waals surface area contributed by atoms with E-state index >= 15 is 4.39 Å². The van der Waals surface area contributed by atoms with E-state index in [1.807, 2.05) is 43.3 Å². The Balaban J connectivity index is 1.60. The van der Waals surface area contributed by atoms with Crippen LogP contribution in [0.5, 0.6) is 5.75 Å². The van der Waals surface area contributed by atoms with Crippen LogP contribution in [0.4, 0.5) is 10.1 Å². The molecule has 0 amide bonds. The van der Waals surface area contributed by atoms with Crippen LogP contribution in [0.15, 0.2) is 66.7 Å². The predicted molar refractivity (Wildman–Crippen MR) is 142 cm³/mol. The third kappa shape index (κ3) is 6.23. The summed E-state index contributed by atoms with van der Waals surface area (Å²) < 4.78 is 26.6. The van der Waals surface area contributed by atoms with Crippen LogP contribution < -0.4 is 9.64 Å². The number of methoxy groups -OCH3 is 1. The van der Waals surface area contributed by atoms with Gasteiger partial charge < -0.3 is 19.5 Å². The SMILES string of the molecule is CO[C@](C)(CN1CCN(c2ccc(OCCO)cc2F)[C@H](c2ccc(Cl)cc2)C1)c1ccc(C#N)cc1. The number of rotatable bonds is 9. The molecule has 1 aliphatic rings. The first-order chi connectivity index (χ1) is 17.9. The molecule has 0 radical (unpaired) electrons. The summed E-state index contributed by atoms with van der Waals surface area (Å²) in [5.74, 6) is 0.0115. The van der Waals surface area contributed by atoms with Crippen LogP contribution in [0, 0.1) is 17.1 Å². The van der Waals surface area contributed by atoms with E-state index in [0.717, 1.165) is 11.1 Å². The third-order valence-corrected chi connectivity index (χ3v) is 7.16. The average molecular weight is 524 g/mol. The summed E-state index contributed by atoms with van der Waals surface area (Å²) in [5, 5.41) is 18.8. The molecule has 0 aliphatic carbocycles. The summed E-state index contributed by atoms with van der Waals surface area (Å²) in [6.45, 7) is 4.62. The fourth-order valence-corrected chi connectivity index (χ4v) is 4.94. The number of hydrogen-bond donors (Lipinski definition) is 1. The molecular formula is C29H31ClFN3O3. The highest BCUT2D eigenvalue weighted by Crippen LogP contribution is 2.36. The number of benzene rings is 3. The zero-order valence-corrected chi connectivity index (χ0v) is 21.8. The largest absolute Gasteiger partial charge is 0.491 e. The van der Waals surface area contributed by atoms with Crippen LogP contribution in [0.3, 0.4) is 0 Å². The first kappa shape index (κ1) is 26.9. The number of nitriles is 1. The number of nitrogens with zero attached hydrogens (tertiary/aromatic N) is 3. The van der Waals surface area contributed by atoms with Gasteiger partial charge in [0.1, 0.15) is 23.8 Å². The molecule has 1 aliphatic heterocycles. The van der Waals surface area contributed by atoms with E-state index in [9.17, 15) is 0 Å². The molecule has 6 nitrogen and oxygen atoms in total. The molecule has 0 unspecified atom stereocenters. The second-order valence-corrected chi connectivity index (χ2v) is 9.74. The van der Waals surface area contributed by atoms with E-state index in [2.05, 4.69) is 15.9 Å². The molecule has 1 saturated heterocycles. The molecule has 37 heavy (non-hydrogen) atoms. The van der Waals surface area contributed by atoms with Gasteiger partial charge in [-0.25, -0.2) is 4.39 Å². The Bertz CT molecular complexity index is 1230. The molecule has 0 bridgehead atoms. The highest BCUT2D eigenvalue weighted by Gasteiger charge is 2.35. The summed E-state index contributed by atoms with van der Waals surface area (Å²) in [5.41, 5.74) is 2.54. The topological polar surface area (TPSA) is 69.0 Å². The van der Waals surface area contributed by atoms with Crippen LogP contribution in [0.2, 0.25) is 5.02 Å². The van der Waals surface area contributed by atoms with Gasteiger partial charge in [0.2, 0.25) is 0 Å². The smallest absolute Gasteiger partial charge is 0.150 e. The van der Waals surface area contributed by atoms with Crippen LogP contribution in [-0.4, -0.2) is 56.5 Å². The quantitative estimate of drug-likeness (QED) is 0.418. The number of aliphatic hydroxyl groups is 1. The molecule has 0 saturated carbocycles. The minimum Gasteiger partial charge on any atom is -0.491 e. The van der Waals surface area contributed by atoms with Crippen molar-refractivity contribution in [3.63, 3.8) is 0 Å². The molecule has 2 atom stereocenters. The standard InChI is InChI=1S/C29H31ClFN3O3/c1-29(36-2,23-7-3-21(18-32)4-8-23)20-33-13-14-34(28(19-33)22-5-9-24(30)10-6-22)27-12-11-25(17-26(27)31)37-16-15-35/h3-12,17,28,35H,13-16,19-20H2,1-2H3/t28-,29+/m0/s1. The maximum Gasteiger partial charge on any atom is 0.150 e. The molecule has 0 spiro atoms. The van der Waals surface area contributed by atoms with Crippen LogP contribution in [0.1, 0.15) is 29.7 Å². The Morgan fingerprint density at radius 1 is 1.11 bits per heavy atom. The van der Waals surface area contributed by atoms with Gasteiger partial charge in [-0.2, -0.15) is 5.26 Å². The van der Waals surface area contributed by atoms with Crippen molar-refractivity contribution < 1.29 is 19.0 Å². The van der Waals surface area contributed by atoms with E-state index in [1.54, 1.807) is 31.4 Å². The average Bonchev–Trinajstić information content (AvgIpc) is 2.92. The van der Waals surface area contributed by atoms with E-state index in [4.69, 9.17) is 31.4 Å². The molecule has 0 aromatic heterocycles. The minimum absolute atomic E-state index is 0.113. The van der Waals surface area contributed by atoms with Crippen LogP contribution >= 0.6 is 11.6 Å². The second-order valence-electron chi connectivity index (χ2n) is 9.31. The van der Waals surface area contributed by atoms with Gasteiger partial charge in [0.25, 0.3) is 0 Å². The zero-order valence-electron chi connectivity index (χ0n) is 21.0. The van der Waals surface area contributed by atoms with Crippen molar-refractivity contribution in [2.24, 2.45) is 0 Å². The molecule has 1 fully saturated rings. The Morgan fingerprint density at radius 3 is 2.46 bits per heavy atom. The fraction of sp³-hybridized carbons (Fsp3) is 0.345. The van der Waals surface area contributed by atoms with Gasteiger partial charge in [-0.3, -0.25) is 4.90 Å². The van der Waals surface area contributed by atoms with Crippen molar-refractivity contribution in [2.75, 3.05) is 51.4 Å². The molecule has 3 aromatic rings. The van der Waals surface area contributed by atoms with Crippen molar-refractivity contribution in [1.29, 1.82) is 5.26 Å². The highest BCUT2D eigenvalue weighted by molar-refractivity contribution is 6.30. The first-order valence-corrected chi connectivity index (χ1v) is 12.6. The Morgan fingerprint density at radius 2 is 1.84 bits per heavy atom. The summed E-state index contributed by atoms with van der Waals surface area (Å²) in [7, 11) is 1.70. The van der Waals surface area contributed by atoms with Crippen LogP contribution in [-0.2, 0) is 10.3 Å². The third-order valence-electron chi connectivity index (χ3n) is 6.91. The van der Waals surface area contributed by atoms with Crippen molar-refractivity contribution in [1.82, 2.24) is 4.90 Å². The minimum atomic E-state index is -0.586. The maximum atomic E-state index is 15.3. The van der Waals surface area contributed by atoms with Crippen molar-refractivity contribution in [3.05, 3.63) is 94.3 Å². The van der Waals surface area contributed by atoms with Gasteiger partial charge in [0.05, 0.1) is 30.0 Å². The molecule has 1 N–H and O–H groups in total. The number of piperazine rings is 1. The Kier molecular flexibility index (Phi) is 8.67. The summed E-state index contributed by atoms with van der Waals surface area (Å²) >= 11 is 6.16. The number of halogens is 2. The molecule has 4 rings (SSSR count). The highest BCUT2D eigenvalue weighted by atomic mass is 35.5. The Labute approximate surface area is 222 Å². The normalized spacial score (nSPS) is 17.7. The zero-order chi connectivity index (χ0) is 26.4. The lowest BCUT2D eigenvalue weighted by Crippen LogP contribution is -2.52. The molecule has 3 aromatic carbocycles. The Hall–Kier alpha value is -3.15. The van der Waals surface area contributed by atoms with Gasteiger partial charge in [-0.1, -0.05) is 35.9 Å². The summed E-state index contributed by atoms with van der Waals surface area (Å²) in [6, 6.07) is 22.0. The van der Waals surface area contributed by atoms with Crippen molar-refractivity contribution in [3.8, 4) is 11.8 Å². The summed E-state index contributed by atoms with van der Waals surface area (Å²) in [4.78, 5) is 4.41. The van der Waals surface area contributed by atoms with E-state index < -0.39 is 5.60 Å². The fourth-order valence-electron chi connectivity index (χ4n) is 4.81. The molecule has 8 heteroatoms. The lowest BCUT2D eigenvalue weighted by atomic mass is 9.92. The number of hydrogen-bond acceptors (Lipinski definition) is 6. The number of ether oxygens (including phenoxy) is 2. The van der Waals surface area contributed by atoms with Crippen LogP contribution in [0.25, 0.3) is 0 Å². The van der Waals surface area contributed by atoms with Crippen molar-refractivity contribution >= 4 is 17.3 Å². The van der Waals surface area contributed by atoms with E-state index in [0.29, 0.717) is 48.2 Å². The van der Waals surface area contributed by atoms with Gasteiger partial charge in [-0.15, -0.1) is 0 Å². The van der Waals surface area contributed by atoms with Gasteiger partial charge in [0, 0.05) is 44.4 Å². The molecule has 1 heterocycles. The number of aliphatic hydroxyl groups excluding tert-OH is 1. The first-order valence-electron chi connectivity index (χ1n) is 12.2. The molecular weight excluding hydrogens is 493 g/mol. The lowest BCUT2D eigenvalue weighted by molar-refractivity contribution is -0.0305. The molecule has 194 valence electrons.